The van der Waals surface area contributed by atoms with Crippen LogP contribution in [0.3, 0.4) is 0 Å². The van der Waals surface area contributed by atoms with E-state index < -0.39 is 0 Å². The molecule has 0 N–H and O–H groups in total. The van der Waals surface area contributed by atoms with Crippen LogP contribution in [0.4, 0.5) is 0 Å². The van der Waals surface area contributed by atoms with Gasteiger partial charge in [-0.3, -0.25) is 0 Å². The lowest BCUT2D eigenvalue weighted by molar-refractivity contribution is 0.0853. The molecule has 2 aromatic rings. The maximum atomic E-state index is 5.91. The highest BCUT2D eigenvalue weighted by molar-refractivity contribution is 7.15. The van der Waals surface area contributed by atoms with Crippen LogP contribution in [0.1, 0.15) is 23.8 Å². The van der Waals surface area contributed by atoms with E-state index in [0.717, 1.165) is 36.5 Å². The molecule has 0 amide bonds. The van der Waals surface area contributed by atoms with Gasteiger partial charge in [-0.1, -0.05) is 11.6 Å². The molecule has 3 nitrogen and oxygen atoms in total. The molecule has 1 saturated heterocycles. The van der Waals surface area contributed by atoms with Crippen molar-refractivity contribution in [2.24, 2.45) is 0 Å². The Bertz CT molecular complexity index is 537. The number of halogens is 1. The van der Waals surface area contributed by atoms with E-state index in [2.05, 4.69) is 9.97 Å². The maximum Gasteiger partial charge on any atom is 0.129 e. The third-order valence-corrected chi connectivity index (χ3v) is 4.52. The zero-order valence-corrected chi connectivity index (χ0v) is 11.4. The van der Waals surface area contributed by atoms with E-state index in [-0.39, 0.29) is 0 Å². The monoisotopic (exact) mass is 280 g/mol. The first-order chi connectivity index (χ1) is 8.83. The number of ether oxygens (including phenoxy) is 1. The average molecular weight is 281 g/mol. The molecule has 2 aromatic heterocycles. The van der Waals surface area contributed by atoms with Gasteiger partial charge in [0.1, 0.15) is 5.15 Å². The fourth-order valence-electron chi connectivity index (χ4n) is 2.11. The van der Waals surface area contributed by atoms with Crippen LogP contribution in [0.5, 0.6) is 0 Å². The minimum Gasteiger partial charge on any atom is -0.381 e. The number of hydrogen-bond acceptors (Lipinski definition) is 4. The van der Waals surface area contributed by atoms with E-state index in [1.54, 1.807) is 17.5 Å². The van der Waals surface area contributed by atoms with Crippen LogP contribution >= 0.6 is 22.9 Å². The number of rotatable bonds is 2. The van der Waals surface area contributed by atoms with Crippen molar-refractivity contribution >= 4 is 22.9 Å². The Kier molecular flexibility index (Phi) is 3.59. The van der Waals surface area contributed by atoms with Gasteiger partial charge >= 0.3 is 0 Å². The molecule has 3 rings (SSSR count). The Hall–Kier alpha value is -0.970. The summed E-state index contributed by atoms with van der Waals surface area (Å²) in [4.78, 5) is 9.69. The second-order valence-corrected chi connectivity index (χ2v) is 5.77. The van der Waals surface area contributed by atoms with Crippen molar-refractivity contribution < 1.29 is 4.74 Å². The van der Waals surface area contributed by atoms with E-state index in [1.807, 2.05) is 18.3 Å². The largest absolute Gasteiger partial charge is 0.381 e. The summed E-state index contributed by atoms with van der Waals surface area (Å²) >= 11 is 7.65. The lowest BCUT2D eigenvalue weighted by Crippen LogP contribution is -2.13. The van der Waals surface area contributed by atoms with Gasteiger partial charge in [0.2, 0.25) is 0 Å². The number of thiazole rings is 1. The van der Waals surface area contributed by atoms with Crippen LogP contribution in [0.25, 0.3) is 10.4 Å². The minimum absolute atomic E-state index is 0.522. The van der Waals surface area contributed by atoms with Crippen LogP contribution in [0.2, 0.25) is 5.15 Å². The predicted molar refractivity (Wildman–Crippen MR) is 73.1 cm³/mol. The van der Waals surface area contributed by atoms with Gasteiger partial charge in [0.25, 0.3) is 0 Å². The Morgan fingerprint density at radius 1 is 1.28 bits per heavy atom. The SMILES string of the molecule is Clc1cc(-c2cnc(C3CCOCC3)s2)ccn1. The van der Waals surface area contributed by atoms with Gasteiger partial charge in [0.05, 0.1) is 9.88 Å². The molecule has 94 valence electrons. The molecule has 0 unspecified atom stereocenters. The van der Waals surface area contributed by atoms with Gasteiger partial charge in [-0.25, -0.2) is 9.97 Å². The highest BCUT2D eigenvalue weighted by Crippen LogP contribution is 2.34. The second-order valence-electron chi connectivity index (χ2n) is 4.32. The summed E-state index contributed by atoms with van der Waals surface area (Å²) in [6.07, 6.45) is 5.81. The van der Waals surface area contributed by atoms with Gasteiger partial charge in [-0.2, -0.15) is 0 Å². The maximum absolute atomic E-state index is 5.91. The first-order valence-corrected chi connectivity index (χ1v) is 7.18. The molecule has 1 fully saturated rings. The van der Waals surface area contributed by atoms with Gasteiger partial charge in [0, 0.05) is 31.5 Å². The van der Waals surface area contributed by atoms with Crippen LogP contribution in [0, 0.1) is 0 Å². The standard InChI is InChI=1S/C13H13ClN2OS/c14-12-7-10(1-4-15-12)11-8-16-13(18-11)9-2-5-17-6-3-9/h1,4,7-9H,2-3,5-6H2. The van der Waals surface area contributed by atoms with Crippen molar-refractivity contribution in [1.29, 1.82) is 0 Å². The molecule has 0 aliphatic carbocycles. The molecule has 18 heavy (non-hydrogen) atoms. The Balaban J connectivity index is 1.84. The molecule has 0 saturated carbocycles. The van der Waals surface area contributed by atoms with Gasteiger partial charge in [0.15, 0.2) is 0 Å². The van der Waals surface area contributed by atoms with Crippen LogP contribution in [-0.2, 0) is 4.74 Å². The molecular formula is C13H13ClN2OS. The normalized spacial score (nSPS) is 16.9. The number of aromatic nitrogens is 2. The average Bonchev–Trinajstić information content (AvgIpc) is 2.89. The van der Waals surface area contributed by atoms with Crippen molar-refractivity contribution in [3.8, 4) is 10.4 Å². The summed E-state index contributed by atoms with van der Waals surface area (Å²) in [6, 6.07) is 3.84. The molecule has 0 atom stereocenters. The van der Waals surface area contributed by atoms with E-state index in [0.29, 0.717) is 11.1 Å². The van der Waals surface area contributed by atoms with E-state index in [9.17, 15) is 0 Å². The summed E-state index contributed by atoms with van der Waals surface area (Å²) in [5.41, 5.74) is 1.09. The fraction of sp³-hybridized carbons (Fsp3) is 0.385. The zero-order valence-electron chi connectivity index (χ0n) is 9.80. The molecule has 0 spiro atoms. The summed E-state index contributed by atoms with van der Waals surface area (Å²) < 4.78 is 5.38. The third-order valence-electron chi connectivity index (χ3n) is 3.11. The van der Waals surface area contributed by atoms with Crippen LogP contribution in [-0.4, -0.2) is 23.2 Å². The second kappa shape index (κ2) is 5.34. The fourth-order valence-corrected chi connectivity index (χ4v) is 3.37. The van der Waals surface area contributed by atoms with E-state index in [1.165, 1.54) is 5.01 Å². The van der Waals surface area contributed by atoms with Crippen molar-refractivity contribution in [2.75, 3.05) is 13.2 Å². The predicted octanol–water partition coefficient (Wildman–Crippen LogP) is 3.75. The number of pyridine rings is 1. The van der Waals surface area contributed by atoms with Crippen LogP contribution in [0.15, 0.2) is 24.5 Å². The lowest BCUT2D eigenvalue weighted by atomic mass is 10.0. The first-order valence-electron chi connectivity index (χ1n) is 5.98. The molecule has 0 radical (unpaired) electrons. The Morgan fingerprint density at radius 3 is 2.89 bits per heavy atom. The molecule has 1 aliphatic heterocycles. The third kappa shape index (κ3) is 2.55. The van der Waals surface area contributed by atoms with Crippen LogP contribution < -0.4 is 0 Å². The zero-order chi connectivity index (χ0) is 12.4. The van der Waals surface area contributed by atoms with Crippen molar-refractivity contribution in [2.45, 2.75) is 18.8 Å². The van der Waals surface area contributed by atoms with Gasteiger partial charge in [-0.05, 0) is 30.5 Å². The molecule has 5 heteroatoms. The van der Waals surface area contributed by atoms with Crippen molar-refractivity contribution in [3.63, 3.8) is 0 Å². The van der Waals surface area contributed by atoms with E-state index >= 15 is 0 Å². The molecule has 3 heterocycles. The highest BCUT2D eigenvalue weighted by Gasteiger charge is 2.19. The number of hydrogen-bond donors (Lipinski definition) is 0. The van der Waals surface area contributed by atoms with Gasteiger partial charge < -0.3 is 4.74 Å². The Labute approximate surface area is 115 Å². The number of nitrogens with zero attached hydrogens (tertiary/aromatic N) is 2. The summed E-state index contributed by atoms with van der Waals surface area (Å²) in [6.45, 7) is 1.70. The summed E-state index contributed by atoms with van der Waals surface area (Å²) in [7, 11) is 0. The molecule has 0 aromatic carbocycles. The lowest BCUT2D eigenvalue weighted by Gasteiger charge is -2.19. The van der Waals surface area contributed by atoms with Crippen molar-refractivity contribution in [3.05, 3.63) is 34.7 Å². The highest BCUT2D eigenvalue weighted by atomic mass is 35.5. The summed E-state index contributed by atoms with van der Waals surface area (Å²) in [5, 5.41) is 1.73. The van der Waals surface area contributed by atoms with Gasteiger partial charge in [-0.15, -0.1) is 11.3 Å². The van der Waals surface area contributed by atoms with Crippen molar-refractivity contribution in [1.82, 2.24) is 9.97 Å². The van der Waals surface area contributed by atoms with E-state index in [4.69, 9.17) is 16.3 Å². The molecule has 0 bridgehead atoms. The quantitative estimate of drug-likeness (QED) is 0.786. The molecule has 1 aliphatic rings. The minimum atomic E-state index is 0.522. The summed E-state index contributed by atoms with van der Waals surface area (Å²) in [5.74, 6) is 0.551. The smallest absolute Gasteiger partial charge is 0.129 e. The topological polar surface area (TPSA) is 35.0 Å². The first kappa shape index (κ1) is 12.1. The molecular weight excluding hydrogens is 268 g/mol. The Morgan fingerprint density at radius 2 is 2.11 bits per heavy atom.